The van der Waals surface area contributed by atoms with Gasteiger partial charge in [0.05, 0.1) is 17.6 Å². The zero-order valence-electron chi connectivity index (χ0n) is 13.0. The Hall–Kier alpha value is -1.07. The number of hydrogen-bond donors (Lipinski definition) is 1. The Kier molecular flexibility index (Phi) is 5.27. The lowest BCUT2D eigenvalue weighted by Gasteiger charge is -2.27. The van der Waals surface area contributed by atoms with Crippen molar-refractivity contribution in [3.8, 4) is 5.75 Å². The van der Waals surface area contributed by atoms with Gasteiger partial charge in [-0.2, -0.15) is 0 Å². The Morgan fingerprint density at radius 3 is 2.19 bits per heavy atom. The molecular formula is C16H25NO3S. The van der Waals surface area contributed by atoms with E-state index in [0.29, 0.717) is 24.3 Å². The molecule has 2 rings (SSSR count). The second kappa shape index (κ2) is 6.79. The van der Waals surface area contributed by atoms with E-state index < -0.39 is 9.84 Å². The Morgan fingerprint density at radius 1 is 1.10 bits per heavy atom. The molecule has 1 unspecified atom stereocenters. The molecule has 0 spiro atoms. The average Bonchev–Trinajstić information content (AvgIpc) is 2.41. The summed E-state index contributed by atoms with van der Waals surface area (Å²) in [6, 6.07) is 8.60. The predicted molar refractivity (Wildman–Crippen MR) is 85.4 cm³/mol. The number of ether oxygens (including phenoxy) is 1. The van der Waals surface area contributed by atoms with Gasteiger partial charge in [-0.25, -0.2) is 8.42 Å². The summed E-state index contributed by atoms with van der Waals surface area (Å²) in [5, 5.41) is 3.53. The van der Waals surface area contributed by atoms with Crippen LogP contribution in [-0.2, 0) is 9.84 Å². The van der Waals surface area contributed by atoms with Gasteiger partial charge in [0, 0.05) is 12.1 Å². The number of nitrogens with one attached hydrogen (secondary N) is 1. The lowest BCUT2D eigenvalue weighted by Crippen LogP contribution is -2.38. The lowest BCUT2D eigenvalue weighted by molar-refractivity contribution is 0.242. The van der Waals surface area contributed by atoms with E-state index in [0.717, 1.165) is 5.75 Å². The van der Waals surface area contributed by atoms with Crippen LogP contribution in [0.3, 0.4) is 0 Å². The summed E-state index contributed by atoms with van der Waals surface area (Å²) in [7, 11) is -2.79. The van der Waals surface area contributed by atoms with E-state index in [1.807, 2.05) is 26.0 Å². The number of rotatable bonds is 5. The highest BCUT2D eigenvalue weighted by Crippen LogP contribution is 2.21. The zero-order valence-corrected chi connectivity index (χ0v) is 13.8. The summed E-state index contributed by atoms with van der Waals surface area (Å²) in [6.07, 6.45) is 1.60. The van der Waals surface area contributed by atoms with Crippen molar-refractivity contribution in [1.82, 2.24) is 5.32 Å². The fourth-order valence-corrected chi connectivity index (χ4v) is 4.11. The van der Waals surface area contributed by atoms with Crippen LogP contribution in [-0.4, -0.2) is 32.1 Å². The molecule has 1 aromatic carbocycles. The quantitative estimate of drug-likeness (QED) is 0.908. The minimum absolute atomic E-state index is 0.176. The van der Waals surface area contributed by atoms with E-state index in [1.165, 1.54) is 5.56 Å². The molecule has 1 fully saturated rings. The van der Waals surface area contributed by atoms with E-state index in [9.17, 15) is 8.42 Å². The molecule has 118 valence electrons. The van der Waals surface area contributed by atoms with E-state index in [-0.39, 0.29) is 18.2 Å². The van der Waals surface area contributed by atoms with Crippen molar-refractivity contribution >= 4 is 9.84 Å². The Morgan fingerprint density at radius 2 is 1.67 bits per heavy atom. The third-order valence-corrected chi connectivity index (χ3v) is 5.51. The van der Waals surface area contributed by atoms with Gasteiger partial charge in [-0.3, -0.25) is 0 Å². The highest BCUT2D eigenvalue weighted by Gasteiger charge is 2.24. The van der Waals surface area contributed by atoms with Gasteiger partial charge in [-0.1, -0.05) is 12.1 Å². The van der Waals surface area contributed by atoms with Gasteiger partial charge in [0.25, 0.3) is 0 Å². The first-order valence-corrected chi connectivity index (χ1v) is 9.41. The fraction of sp³-hybridized carbons (Fsp3) is 0.625. The summed E-state index contributed by atoms with van der Waals surface area (Å²) < 4.78 is 28.5. The molecule has 1 aliphatic heterocycles. The van der Waals surface area contributed by atoms with E-state index in [4.69, 9.17) is 4.74 Å². The van der Waals surface area contributed by atoms with E-state index in [1.54, 1.807) is 0 Å². The molecule has 1 aliphatic rings. The van der Waals surface area contributed by atoms with Crippen LogP contribution >= 0.6 is 0 Å². The second-order valence-electron chi connectivity index (χ2n) is 6.05. The van der Waals surface area contributed by atoms with Gasteiger partial charge >= 0.3 is 0 Å². The number of benzene rings is 1. The van der Waals surface area contributed by atoms with Crippen molar-refractivity contribution in [1.29, 1.82) is 0 Å². The SMILES string of the molecule is CC(C)Oc1ccc(C(C)NC2CCS(=O)(=O)CC2)cc1. The van der Waals surface area contributed by atoms with Crippen LogP contribution in [0.15, 0.2) is 24.3 Å². The van der Waals surface area contributed by atoms with Crippen LogP contribution < -0.4 is 10.1 Å². The summed E-state index contributed by atoms with van der Waals surface area (Å²) >= 11 is 0. The third-order valence-electron chi connectivity index (χ3n) is 3.79. The maximum absolute atomic E-state index is 11.4. The van der Waals surface area contributed by atoms with Crippen LogP contribution in [0.5, 0.6) is 5.75 Å². The molecule has 0 bridgehead atoms. The molecule has 21 heavy (non-hydrogen) atoms. The smallest absolute Gasteiger partial charge is 0.150 e. The second-order valence-corrected chi connectivity index (χ2v) is 8.35. The van der Waals surface area contributed by atoms with Gasteiger partial charge < -0.3 is 10.1 Å². The minimum Gasteiger partial charge on any atom is -0.491 e. The summed E-state index contributed by atoms with van der Waals surface area (Å²) in [4.78, 5) is 0. The molecule has 1 atom stereocenters. The van der Waals surface area contributed by atoms with Crippen molar-refractivity contribution < 1.29 is 13.2 Å². The molecule has 4 nitrogen and oxygen atoms in total. The van der Waals surface area contributed by atoms with Crippen LogP contribution in [0, 0.1) is 0 Å². The first kappa shape index (κ1) is 16.3. The molecule has 0 radical (unpaired) electrons. The standard InChI is InChI=1S/C16H25NO3S/c1-12(2)20-16-6-4-14(5-7-16)13(3)17-15-8-10-21(18,19)11-9-15/h4-7,12-13,15,17H,8-11H2,1-3H3. The zero-order chi connectivity index (χ0) is 15.5. The van der Waals surface area contributed by atoms with Crippen LogP contribution in [0.4, 0.5) is 0 Å². The molecule has 1 N–H and O–H groups in total. The van der Waals surface area contributed by atoms with E-state index in [2.05, 4.69) is 24.4 Å². The maximum atomic E-state index is 11.4. The molecule has 1 saturated heterocycles. The van der Waals surface area contributed by atoms with E-state index >= 15 is 0 Å². The van der Waals surface area contributed by atoms with Gasteiger partial charge in [-0.05, 0) is 51.3 Å². The Bertz CT molecular complexity index is 537. The molecule has 0 aliphatic carbocycles. The molecule has 0 amide bonds. The fourth-order valence-electron chi connectivity index (χ4n) is 2.61. The van der Waals surface area contributed by atoms with Gasteiger partial charge in [0.1, 0.15) is 15.6 Å². The summed E-state index contributed by atoms with van der Waals surface area (Å²) in [5.74, 6) is 1.49. The molecule has 5 heteroatoms. The first-order valence-electron chi connectivity index (χ1n) is 7.59. The molecule has 0 aromatic heterocycles. The monoisotopic (exact) mass is 311 g/mol. The topological polar surface area (TPSA) is 55.4 Å². The minimum atomic E-state index is -2.79. The summed E-state index contributed by atoms with van der Waals surface area (Å²) in [6.45, 7) is 6.13. The normalized spacial score (nSPS) is 20.4. The lowest BCUT2D eigenvalue weighted by atomic mass is 10.1. The van der Waals surface area contributed by atoms with Crippen LogP contribution in [0.25, 0.3) is 0 Å². The van der Waals surface area contributed by atoms with Crippen LogP contribution in [0.2, 0.25) is 0 Å². The van der Waals surface area contributed by atoms with Crippen molar-refractivity contribution in [2.45, 2.75) is 51.8 Å². The highest BCUT2D eigenvalue weighted by molar-refractivity contribution is 7.91. The predicted octanol–water partition coefficient (Wildman–Crippen LogP) is 2.70. The summed E-state index contributed by atoms with van der Waals surface area (Å²) in [5.41, 5.74) is 1.19. The van der Waals surface area contributed by atoms with Gasteiger partial charge in [0.2, 0.25) is 0 Å². The molecule has 1 heterocycles. The third kappa shape index (κ3) is 5.00. The number of sulfone groups is 1. The molecule has 1 aromatic rings. The first-order chi connectivity index (χ1) is 9.85. The van der Waals surface area contributed by atoms with Crippen LogP contribution in [0.1, 0.15) is 45.2 Å². The number of hydrogen-bond acceptors (Lipinski definition) is 4. The average molecular weight is 311 g/mol. The van der Waals surface area contributed by atoms with Gasteiger partial charge in [0.15, 0.2) is 0 Å². The molecule has 0 saturated carbocycles. The largest absolute Gasteiger partial charge is 0.491 e. The Balaban J connectivity index is 1.90. The maximum Gasteiger partial charge on any atom is 0.150 e. The van der Waals surface area contributed by atoms with Gasteiger partial charge in [-0.15, -0.1) is 0 Å². The van der Waals surface area contributed by atoms with Crippen molar-refractivity contribution in [2.24, 2.45) is 0 Å². The highest BCUT2D eigenvalue weighted by atomic mass is 32.2. The molecular weight excluding hydrogens is 286 g/mol. The van der Waals surface area contributed by atoms with Crippen molar-refractivity contribution in [3.63, 3.8) is 0 Å². The van der Waals surface area contributed by atoms with Crippen molar-refractivity contribution in [3.05, 3.63) is 29.8 Å². The Labute approximate surface area is 127 Å². The van der Waals surface area contributed by atoms with Crippen molar-refractivity contribution in [2.75, 3.05) is 11.5 Å².